The molecule has 5 nitrogen and oxygen atoms in total. The molecule has 1 heterocycles. The van der Waals surface area contributed by atoms with Crippen LogP contribution in [0.15, 0.2) is 53.7 Å². The van der Waals surface area contributed by atoms with Crippen LogP contribution in [0.4, 0.5) is 0 Å². The lowest BCUT2D eigenvalue weighted by Gasteiger charge is -2.05. The number of nitrogens with zero attached hydrogens (tertiary/aromatic N) is 5. The number of hydrogen-bond donors (Lipinski definition) is 0. The molecule has 0 fully saturated rings. The van der Waals surface area contributed by atoms with Gasteiger partial charge in [0.25, 0.3) is 0 Å². The van der Waals surface area contributed by atoms with Crippen LogP contribution < -0.4 is 0 Å². The Hall–Kier alpha value is -2.65. The summed E-state index contributed by atoms with van der Waals surface area (Å²) in [6.07, 6.45) is 0. The molecule has 1 aromatic heterocycles. The molecule has 0 saturated carbocycles. The first-order chi connectivity index (χ1) is 10.8. The van der Waals surface area contributed by atoms with Crippen molar-refractivity contribution in [2.45, 2.75) is 17.8 Å². The number of hydrogen-bond acceptors (Lipinski definition) is 5. The van der Waals surface area contributed by atoms with Gasteiger partial charge in [0.15, 0.2) is 0 Å². The van der Waals surface area contributed by atoms with E-state index in [1.807, 2.05) is 49.4 Å². The van der Waals surface area contributed by atoms with Crippen LogP contribution in [0.1, 0.15) is 16.7 Å². The predicted molar refractivity (Wildman–Crippen MR) is 84.6 cm³/mol. The molecule has 0 spiro atoms. The zero-order valence-corrected chi connectivity index (χ0v) is 12.8. The Morgan fingerprint density at radius 1 is 1.18 bits per heavy atom. The highest BCUT2D eigenvalue weighted by Gasteiger charge is 2.09. The smallest absolute Gasteiger partial charge is 0.192 e. The lowest BCUT2D eigenvalue weighted by molar-refractivity contribution is 0.756. The monoisotopic (exact) mass is 307 g/mol. The van der Waals surface area contributed by atoms with Crippen LogP contribution in [0.2, 0.25) is 0 Å². The molecular formula is C16H13N5S. The molecule has 6 heteroatoms. The molecule has 0 aliphatic rings. The van der Waals surface area contributed by atoms with Gasteiger partial charge >= 0.3 is 0 Å². The fourth-order valence-electron chi connectivity index (χ4n) is 2.00. The lowest BCUT2D eigenvalue weighted by Crippen LogP contribution is -1.99. The van der Waals surface area contributed by atoms with Gasteiger partial charge in [-0.25, -0.2) is 0 Å². The average molecular weight is 307 g/mol. The van der Waals surface area contributed by atoms with Gasteiger partial charge in [-0.3, -0.25) is 0 Å². The van der Waals surface area contributed by atoms with Gasteiger partial charge in [-0.1, -0.05) is 41.6 Å². The Morgan fingerprint density at radius 2 is 2.00 bits per heavy atom. The van der Waals surface area contributed by atoms with E-state index in [0.717, 1.165) is 16.4 Å². The van der Waals surface area contributed by atoms with Crippen molar-refractivity contribution in [1.29, 1.82) is 5.26 Å². The number of nitriles is 1. The molecule has 0 saturated heterocycles. The quantitative estimate of drug-likeness (QED) is 0.693. The molecule has 0 unspecified atom stereocenters. The van der Waals surface area contributed by atoms with E-state index in [4.69, 9.17) is 5.26 Å². The van der Waals surface area contributed by atoms with Gasteiger partial charge < -0.3 is 0 Å². The number of tetrazole rings is 1. The van der Waals surface area contributed by atoms with Crippen molar-refractivity contribution >= 4 is 11.8 Å². The second-order valence-corrected chi connectivity index (χ2v) is 5.75. The van der Waals surface area contributed by atoms with E-state index in [0.29, 0.717) is 11.3 Å². The van der Waals surface area contributed by atoms with Crippen LogP contribution in [0.3, 0.4) is 0 Å². The first-order valence-corrected chi connectivity index (χ1v) is 7.72. The summed E-state index contributed by atoms with van der Waals surface area (Å²) in [5.41, 5.74) is 3.86. The second-order valence-electron chi connectivity index (χ2n) is 4.81. The Balaban J connectivity index is 1.78. The maximum absolute atomic E-state index is 8.94. The van der Waals surface area contributed by atoms with Gasteiger partial charge in [0.1, 0.15) is 0 Å². The Kier molecular flexibility index (Phi) is 4.17. The molecule has 108 valence electrons. The topological polar surface area (TPSA) is 67.4 Å². The van der Waals surface area contributed by atoms with Crippen LogP contribution >= 0.6 is 11.8 Å². The van der Waals surface area contributed by atoms with Crippen molar-refractivity contribution in [2.24, 2.45) is 0 Å². The molecule has 0 N–H and O–H groups in total. The van der Waals surface area contributed by atoms with Crippen molar-refractivity contribution in [3.8, 4) is 11.8 Å². The van der Waals surface area contributed by atoms with Gasteiger partial charge in [0.2, 0.25) is 5.16 Å². The molecule has 22 heavy (non-hydrogen) atoms. The summed E-state index contributed by atoms with van der Waals surface area (Å²) in [7, 11) is 0. The second kappa shape index (κ2) is 6.41. The Bertz CT molecular complexity index is 817. The molecule has 0 aliphatic heterocycles. The van der Waals surface area contributed by atoms with Crippen molar-refractivity contribution in [1.82, 2.24) is 20.2 Å². The van der Waals surface area contributed by atoms with Crippen LogP contribution in [-0.4, -0.2) is 20.2 Å². The third kappa shape index (κ3) is 3.15. The van der Waals surface area contributed by atoms with Crippen molar-refractivity contribution in [3.05, 3.63) is 65.2 Å². The van der Waals surface area contributed by atoms with E-state index in [9.17, 15) is 0 Å². The zero-order chi connectivity index (χ0) is 15.4. The average Bonchev–Trinajstić information content (AvgIpc) is 3.02. The largest absolute Gasteiger partial charge is 0.214 e. The summed E-state index contributed by atoms with van der Waals surface area (Å²) >= 11 is 1.54. The van der Waals surface area contributed by atoms with Gasteiger partial charge in [-0.05, 0) is 47.2 Å². The van der Waals surface area contributed by atoms with Crippen LogP contribution in [0, 0.1) is 18.3 Å². The van der Waals surface area contributed by atoms with Crippen molar-refractivity contribution < 1.29 is 0 Å². The summed E-state index contributed by atoms with van der Waals surface area (Å²) in [6.45, 7) is 2.04. The molecule has 3 aromatic rings. The SMILES string of the molecule is Cc1ccc(-n2nnnc2SCc2cccc(C#N)c2)cc1. The molecule has 0 bridgehead atoms. The molecular weight excluding hydrogens is 294 g/mol. The summed E-state index contributed by atoms with van der Waals surface area (Å²) in [4.78, 5) is 0. The minimum Gasteiger partial charge on any atom is -0.192 e. The van der Waals surface area contributed by atoms with Gasteiger partial charge in [0.05, 0.1) is 17.3 Å². The Morgan fingerprint density at radius 3 is 2.77 bits per heavy atom. The van der Waals surface area contributed by atoms with E-state index >= 15 is 0 Å². The predicted octanol–water partition coefficient (Wildman–Crippen LogP) is 3.13. The highest BCUT2D eigenvalue weighted by molar-refractivity contribution is 7.98. The number of benzene rings is 2. The van der Waals surface area contributed by atoms with E-state index in [2.05, 4.69) is 21.6 Å². The lowest BCUT2D eigenvalue weighted by atomic mass is 10.2. The fraction of sp³-hybridized carbons (Fsp3) is 0.125. The van der Waals surface area contributed by atoms with Gasteiger partial charge in [-0.15, -0.1) is 5.10 Å². The van der Waals surface area contributed by atoms with Crippen molar-refractivity contribution in [3.63, 3.8) is 0 Å². The Labute approximate surface area is 132 Å². The van der Waals surface area contributed by atoms with E-state index in [-0.39, 0.29) is 0 Å². The number of aryl methyl sites for hydroxylation is 1. The summed E-state index contributed by atoms with van der Waals surface area (Å²) in [5.74, 6) is 0.710. The maximum Gasteiger partial charge on any atom is 0.214 e. The zero-order valence-electron chi connectivity index (χ0n) is 12.0. The normalized spacial score (nSPS) is 10.4. The summed E-state index contributed by atoms with van der Waals surface area (Å²) < 4.78 is 1.72. The number of rotatable bonds is 4. The molecule has 2 aromatic carbocycles. The first-order valence-electron chi connectivity index (χ1n) is 6.73. The van der Waals surface area contributed by atoms with Crippen molar-refractivity contribution in [2.75, 3.05) is 0 Å². The number of thioether (sulfide) groups is 1. The highest BCUT2D eigenvalue weighted by atomic mass is 32.2. The minimum atomic E-state index is 0.663. The van der Waals surface area contributed by atoms with E-state index in [1.54, 1.807) is 22.5 Å². The van der Waals surface area contributed by atoms with Crippen LogP contribution in [0.25, 0.3) is 5.69 Å². The third-order valence-corrected chi connectivity index (χ3v) is 4.13. The van der Waals surface area contributed by atoms with Crippen LogP contribution in [0.5, 0.6) is 0 Å². The molecule has 0 atom stereocenters. The third-order valence-electron chi connectivity index (χ3n) is 3.14. The van der Waals surface area contributed by atoms with E-state index in [1.165, 1.54) is 5.56 Å². The minimum absolute atomic E-state index is 0.663. The standard InChI is InChI=1S/C16H13N5S/c1-12-5-7-15(8-6-12)21-16(18-19-20-21)22-11-14-4-2-3-13(9-14)10-17/h2-9H,11H2,1H3. The molecule has 0 amide bonds. The molecule has 0 aliphatic carbocycles. The maximum atomic E-state index is 8.94. The van der Waals surface area contributed by atoms with E-state index < -0.39 is 0 Å². The van der Waals surface area contributed by atoms with Gasteiger partial charge in [-0.2, -0.15) is 9.94 Å². The van der Waals surface area contributed by atoms with Crippen LogP contribution in [-0.2, 0) is 5.75 Å². The highest BCUT2D eigenvalue weighted by Crippen LogP contribution is 2.23. The summed E-state index contributed by atoms with van der Waals surface area (Å²) in [6, 6.07) is 17.8. The molecule has 0 radical (unpaired) electrons. The molecule has 3 rings (SSSR count). The fourth-order valence-corrected chi connectivity index (χ4v) is 2.83. The first kappa shape index (κ1) is 14.3. The van der Waals surface area contributed by atoms with Gasteiger partial charge in [0, 0.05) is 5.75 Å². The number of aromatic nitrogens is 4. The summed E-state index contributed by atoms with van der Waals surface area (Å²) in [5, 5.41) is 21.5.